The smallest absolute Gasteiger partial charge is 0.118 e. The van der Waals surface area contributed by atoms with Crippen molar-refractivity contribution in [3.63, 3.8) is 0 Å². The van der Waals surface area contributed by atoms with Crippen LogP contribution in [-0.2, 0) is 12.8 Å². The monoisotopic (exact) mass is 390 g/mol. The van der Waals surface area contributed by atoms with Crippen molar-refractivity contribution >= 4 is 21.6 Å². The number of hydrogen-bond donors (Lipinski definition) is 0. The summed E-state index contributed by atoms with van der Waals surface area (Å²) in [6.45, 7) is 4.66. The summed E-state index contributed by atoms with van der Waals surface area (Å²) >= 11 is 0. The van der Waals surface area contributed by atoms with Crippen molar-refractivity contribution in [1.29, 1.82) is 0 Å². The lowest BCUT2D eigenvalue weighted by Crippen LogP contribution is -2.01. The van der Waals surface area contributed by atoms with Crippen molar-refractivity contribution in [3.05, 3.63) is 59.7 Å². The number of benzene rings is 2. The summed E-state index contributed by atoms with van der Waals surface area (Å²) in [6, 6.07) is 16.8. The number of hydrogen-bond acceptors (Lipinski definition) is 4. The van der Waals surface area contributed by atoms with Crippen molar-refractivity contribution in [2.75, 3.05) is 14.2 Å². The third-order valence-corrected chi connectivity index (χ3v) is 7.93. The van der Waals surface area contributed by atoms with E-state index in [1.807, 2.05) is 45.9 Å². The molecule has 0 fully saturated rings. The van der Waals surface area contributed by atoms with Gasteiger partial charge in [-0.15, -0.1) is 0 Å². The summed E-state index contributed by atoms with van der Waals surface area (Å²) in [5.41, 5.74) is 2.77. The van der Waals surface area contributed by atoms with Crippen molar-refractivity contribution in [2.24, 2.45) is 0 Å². The van der Waals surface area contributed by atoms with Gasteiger partial charge in [-0.1, -0.05) is 59.7 Å². The molecule has 0 aliphatic rings. The van der Waals surface area contributed by atoms with Crippen LogP contribution in [0.3, 0.4) is 0 Å². The summed E-state index contributed by atoms with van der Waals surface area (Å²) < 4.78 is 10.4. The summed E-state index contributed by atoms with van der Waals surface area (Å²) in [7, 11) is 7.47. The van der Waals surface area contributed by atoms with E-state index >= 15 is 0 Å². The van der Waals surface area contributed by atoms with E-state index in [0.29, 0.717) is 10.5 Å². The van der Waals surface area contributed by atoms with Gasteiger partial charge in [0.25, 0.3) is 0 Å². The van der Waals surface area contributed by atoms with Gasteiger partial charge in [-0.05, 0) is 61.1 Å². The maximum Gasteiger partial charge on any atom is 0.118 e. The minimum atomic E-state index is 0.658. The highest BCUT2D eigenvalue weighted by Gasteiger charge is 2.09. The average Bonchev–Trinajstić information content (AvgIpc) is 2.69. The highest BCUT2D eigenvalue weighted by Crippen LogP contribution is 2.34. The molecule has 0 spiro atoms. The van der Waals surface area contributed by atoms with Crippen LogP contribution in [0.25, 0.3) is 0 Å². The molecule has 4 heteroatoms. The van der Waals surface area contributed by atoms with E-state index in [2.05, 4.69) is 38.1 Å². The van der Waals surface area contributed by atoms with Crippen LogP contribution in [0.4, 0.5) is 0 Å². The lowest BCUT2D eigenvalue weighted by atomic mass is 10.1. The molecule has 0 saturated carbocycles. The van der Waals surface area contributed by atoms with Gasteiger partial charge >= 0.3 is 0 Å². The zero-order chi connectivity index (χ0) is 18.8. The predicted octanol–water partition coefficient (Wildman–Crippen LogP) is 6.43. The van der Waals surface area contributed by atoms with Crippen LogP contribution in [0, 0.1) is 0 Å². The molecule has 0 heterocycles. The van der Waals surface area contributed by atoms with Gasteiger partial charge in [0.15, 0.2) is 0 Å². The first-order chi connectivity index (χ1) is 12.6. The average molecular weight is 391 g/mol. The SMILES string of the molecule is COc1ccc(CC[C@H](C)SS[C@@H](C)CCc2ccc(OC)cc2)cc1. The van der Waals surface area contributed by atoms with E-state index in [-0.39, 0.29) is 0 Å². The summed E-state index contributed by atoms with van der Waals surface area (Å²) in [5.74, 6) is 1.86. The maximum absolute atomic E-state index is 5.21. The molecule has 0 aliphatic carbocycles. The first-order valence-electron chi connectivity index (χ1n) is 9.18. The van der Waals surface area contributed by atoms with Crippen molar-refractivity contribution < 1.29 is 9.47 Å². The molecule has 2 rings (SSSR count). The Balaban J connectivity index is 1.63. The second kappa shape index (κ2) is 11.5. The lowest BCUT2D eigenvalue weighted by Gasteiger charge is -2.15. The number of methoxy groups -OCH3 is 2. The molecule has 0 radical (unpaired) electrons. The predicted molar refractivity (Wildman–Crippen MR) is 117 cm³/mol. The molecule has 0 bridgehead atoms. The molecule has 0 saturated heterocycles. The summed E-state index contributed by atoms with van der Waals surface area (Å²) in [4.78, 5) is 0. The Bertz CT molecular complexity index is 568. The Morgan fingerprint density at radius 1 is 0.654 bits per heavy atom. The van der Waals surface area contributed by atoms with Crippen LogP contribution in [0.1, 0.15) is 37.8 Å². The number of aryl methyl sites for hydroxylation is 2. The highest BCUT2D eigenvalue weighted by atomic mass is 33.1. The quantitative estimate of drug-likeness (QED) is 0.411. The molecule has 0 aliphatic heterocycles. The normalized spacial score (nSPS) is 13.2. The van der Waals surface area contributed by atoms with Crippen LogP contribution in [-0.4, -0.2) is 24.7 Å². The third kappa shape index (κ3) is 7.55. The highest BCUT2D eigenvalue weighted by molar-refractivity contribution is 8.77. The van der Waals surface area contributed by atoms with Gasteiger partial charge < -0.3 is 9.47 Å². The molecule has 0 amide bonds. The van der Waals surface area contributed by atoms with Crippen LogP contribution < -0.4 is 9.47 Å². The third-order valence-electron chi connectivity index (χ3n) is 4.38. The fourth-order valence-electron chi connectivity index (χ4n) is 2.61. The zero-order valence-electron chi connectivity index (χ0n) is 16.2. The fourth-order valence-corrected chi connectivity index (χ4v) is 5.13. The molecule has 2 aromatic carbocycles. The maximum atomic E-state index is 5.21. The van der Waals surface area contributed by atoms with E-state index in [1.165, 1.54) is 24.0 Å². The van der Waals surface area contributed by atoms with Gasteiger partial charge in [-0.25, -0.2) is 0 Å². The van der Waals surface area contributed by atoms with Crippen LogP contribution >= 0.6 is 21.6 Å². The van der Waals surface area contributed by atoms with Crippen molar-refractivity contribution in [2.45, 2.75) is 50.0 Å². The second-order valence-electron chi connectivity index (χ2n) is 6.59. The Hall–Kier alpha value is -1.26. The van der Waals surface area contributed by atoms with E-state index in [4.69, 9.17) is 9.47 Å². The minimum absolute atomic E-state index is 0.658. The van der Waals surface area contributed by atoms with Gasteiger partial charge in [0.05, 0.1) is 14.2 Å². The van der Waals surface area contributed by atoms with Gasteiger partial charge in [-0.3, -0.25) is 0 Å². The van der Waals surface area contributed by atoms with E-state index < -0.39 is 0 Å². The molecule has 0 aromatic heterocycles. The Morgan fingerprint density at radius 3 is 1.31 bits per heavy atom. The summed E-state index contributed by atoms with van der Waals surface area (Å²) in [6.07, 6.45) is 4.66. The van der Waals surface area contributed by atoms with Crippen LogP contribution in [0.2, 0.25) is 0 Å². The Morgan fingerprint density at radius 2 is 1.00 bits per heavy atom. The Labute approximate surface area is 166 Å². The Kier molecular flexibility index (Phi) is 9.27. The molecule has 142 valence electrons. The topological polar surface area (TPSA) is 18.5 Å². The standard InChI is InChI=1S/C22H30O2S2/c1-17(5-7-19-9-13-21(23-3)14-10-19)25-26-18(2)6-8-20-11-15-22(24-4)16-12-20/h9-18H,5-8H2,1-4H3/t17-,18-/m0/s1. The lowest BCUT2D eigenvalue weighted by molar-refractivity contribution is 0.414. The number of ether oxygens (including phenoxy) is 2. The van der Waals surface area contributed by atoms with E-state index in [9.17, 15) is 0 Å². The first-order valence-corrected chi connectivity index (χ1v) is 11.5. The van der Waals surface area contributed by atoms with Gasteiger partial charge in [0, 0.05) is 10.5 Å². The van der Waals surface area contributed by atoms with Crippen molar-refractivity contribution in [3.8, 4) is 11.5 Å². The molecular weight excluding hydrogens is 360 g/mol. The van der Waals surface area contributed by atoms with E-state index in [0.717, 1.165) is 24.3 Å². The first kappa shape index (κ1) is 21.0. The van der Waals surface area contributed by atoms with Crippen molar-refractivity contribution in [1.82, 2.24) is 0 Å². The molecule has 2 atom stereocenters. The van der Waals surface area contributed by atoms with E-state index in [1.54, 1.807) is 14.2 Å². The van der Waals surface area contributed by atoms with Gasteiger partial charge in [-0.2, -0.15) is 0 Å². The molecule has 2 nitrogen and oxygen atoms in total. The molecule has 0 N–H and O–H groups in total. The molecule has 0 unspecified atom stereocenters. The summed E-state index contributed by atoms with van der Waals surface area (Å²) in [5, 5.41) is 1.32. The van der Waals surface area contributed by atoms with Gasteiger partial charge in [0.2, 0.25) is 0 Å². The fraction of sp³-hybridized carbons (Fsp3) is 0.455. The molecule has 26 heavy (non-hydrogen) atoms. The van der Waals surface area contributed by atoms with Gasteiger partial charge in [0.1, 0.15) is 11.5 Å². The zero-order valence-corrected chi connectivity index (χ0v) is 17.9. The van der Waals surface area contributed by atoms with Crippen LogP contribution in [0.15, 0.2) is 48.5 Å². The minimum Gasteiger partial charge on any atom is -0.497 e. The second-order valence-corrected chi connectivity index (χ2v) is 9.74. The largest absolute Gasteiger partial charge is 0.497 e. The van der Waals surface area contributed by atoms with Crippen LogP contribution in [0.5, 0.6) is 11.5 Å². The molecular formula is C22H30O2S2. The molecule has 2 aromatic rings. The number of rotatable bonds is 11.